The molecule has 2 saturated heterocycles. The molecule has 1 saturated carbocycles. The van der Waals surface area contributed by atoms with Crippen LogP contribution in [-0.2, 0) is 0 Å². The summed E-state index contributed by atoms with van der Waals surface area (Å²) in [5.74, 6) is -3.03. The van der Waals surface area contributed by atoms with E-state index in [0.29, 0.717) is 13.1 Å². The van der Waals surface area contributed by atoms with Crippen molar-refractivity contribution in [1.82, 2.24) is 5.32 Å². The Morgan fingerprint density at radius 3 is 2.00 bits per heavy atom. The van der Waals surface area contributed by atoms with Gasteiger partial charge in [0.05, 0.1) is 0 Å². The smallest absolute Gasteiger partial charge is 0.256 e. The molecule has 2 heterocycles. The minimum absolute atomic E-state index is 0.351. The molecule has 1 N–H and O–H groups in total. The predicted molar refractivity (Wildman–Crippen MR) is 29.4 cm³/mol. The van der Waals surface area contributed by atoms with Crippen LogP contribution in [0.1, 0.15) is 6.42 Å². The maximum absolute atomic E-state index is 12.6. The van der Waals surface area contributed by atoms with Gasteiger partial charge in [-0.3, -0.25) is 0 Å². The van der Waals surface area contributed by atoms with E-state index in [1.807, 2.05) is 0 Å². The summed E-state index contributed by atoms with van der Waals surface area (Å²) in [5.41, 5.74) is 0. The van der Waals surface area contributed by atoms with E-state index >= 15 is 0 Å². The van der Waals surface area contributed by atoms with Gasteiger partial charge in [-0.05, 0) is 6.42 Å². The van der Waals surface area contributed by atoms with E-state index in [9.17, 15) is 8.78 Å². The molecule has 9 heavy (non-hydrogen) atoms. The molecular formula is C6H9F2N. The molecule has 3 rings (SSSR count). The third kappa shape index (κ3) is 0.556. The van der Waals surface area contributed by atoms with Crippen molar-refractivity contribution in [2.24, 2.45) is 11.8 Å². The van der Waals surface area contributed by atoms with Crippen LogP contribution in [0.2, 0.25) is 0 Å². The van der Waals surface area contributed by atoms with Crippen molar-refractivity contribution < 1.29 is 8.78 Å². The van der Waals surface area contributed by atoms with E-state index in [4.69, 9.17) is 0 Å². The third-order valence-corrected chi connectivity index (χ3v) is 2.44. The van der Waals surface area contributed by atoms with Gasteiger partial charge >= 0.3 is 0 Å². The summed E-state index contributed by atoms with van der Waals surface area (Å²) < 4.78 is 25.2. The molecule has 0 radical (unpaired) electrons. The van der Waals surface area contributed by atoms with Gasteiger partial charge in [-0.1, -0.05) is 0 Å². The summed E-state index contributed by atoms with van der Waals surface area (Å²) in [4.78, 5) is 0. The zero-order valence-electron chi connectivity index (χ0n) is 5.03. The van der Waals surface area contributed by atoms with Crippen molar-refractivity contribution in [2.75, 3.05) is 13.1 Å². The fourth-order valence-electron chi connectivity index (χ4n) is 1.70. The number of alkyl halides is 2. The number of halogens is 2. The van der Waals surface area contributed by atoms with Crippen LogP contribution in [0.5, 0.6) is 0 Å². The summed E-state index contributed by atoms with van der Waals surface area (Å²) >= 11 is 0. The largest absolute Gasteiger partial charge is 0.316 e. The Bertz CT molecular complexity index is 119. The first-order valence-corrected chi connectivity index (χ1v) is 3.30. The highest BCUT2D eigenvalue weighted by Gasteiger charge is 2.58. The van der Waals surface area contributed by atoms with Crippen LogP contribution in [0.25, 0.3) is 0 Å². The van der Waals surface area contributed by atoms with Crippen LogP contribution in [0.4, 0.5) is 8.78 Å². The van der Waals surface area contributed by atoms with Crippen molar-refractivity contribution in [3.63, 3.8) is 0 Å². The molecule has 3 fully saturated rings. The van der Waals surface area contributed by atoms with E-state index in [2.05, 4.69) is 5.32 Å². The highest BCUT2D eigenvalue weighted by molar-refractivity contribution is 5.01. The van der Waals surface area contributed by atoms with E-state index in [1.165, 1.54) is 0 Å². The van der Waals surface area contributed by atoms with Crippen LogP contribution in [0.3, 0.4) is 0 Å². The Morgan fingerprint density at radius 1 is 1.22 bits per heavy atom. The number of piperidine rings is 2. The summed E-state index contributed by atoms with van der Waals surface area (Å²) in [5, 5.41) is 2.96. The highest BCUT2D eigenvalue weighted by atomic mass is 19.3. The lowest BCUT2D eigenvalue weighted by Gasteiger charge is -2.49. The standard InChI is InChI=1S/C6H9F2N/c7-6(8)4-1-5(6)3-9-2-4/h4-5,9H,1-3H2/t4-,5-/m1/s1. The number of hydrogen-bond acceptors (Lipinski definition) is 1. The van der Waals surface area contributed by atoms with Crippen LogP contribution in [0.15, 0.2) is 0 Å². The molecule has 2 aliphatic heterocycles. The highest BCUT2D eigenvalue weighted by Crippen LogP contribution is 2.50. The normalized spacial score (nSPS) is 46.0. The van der Waals surface area contributed by atoms with Crippen LogP contribution < -0.4 is 5.32 Å². The van der Waals surface area contributed by atoms with E-state index in [-0.39, 0.29) is 11.8 Å². The Morgan fingerprint density at radius 2 is 1.78 bits per heavy atom. The van der Waals surface area contributed by atoms with Crippen LogP contribution >= 0.6 is 0 Å². The summed E-state index contributed by atoms with van der Waals surface area (Å²) in [6, 6.07) is 0. The van der Waals surface area contributed by atoms with Gasteiger partial charge in [-0.15, -0.1) is 0 Å². The predicted octanol–water partition coefficient (Wildman–Crippen LogP) is 0.861. The van der Waals surface area contributed by atoms with Gasteiger partial charge in [-0.25, -0.2) is 8.78 Å². The molecule has 2 atom stereocenters. The van der Waals surface area contributed by atoms with Crippen molar-refractivity contribution in [3.8, 4) is 0 Å². The van der Waals surface area contributed by atoms with E-state index in [0.717, 1.165) is 6.42 Å². The van der Waals surface area contributed by atoms with Gasteiger partial charge in [-0.2, -0.15) is 0 Å². The van der Waals surface area contributed by atoms with Crippen molar-refractivity contribution in [1.29, 1.82) is 0 Å². The molecule has 0 spiro atoms. The maximum atomic E-state index is 12.6. The summed E-state index contributed by atoms with van der Waals surface area (Å²) in [6.45, 7) is 1.03. The van der Waals surface area contributed by atoms with Gasteiger partial charge in [0.15, 0.2) is 0 Å². The van der Waals surface area contributed by atoms with E-state index < -0.39 is 5.92 Å². The molecule has 1 aliphatic carbocycles. The molecule has 0 unspecified atom stereocenters. The van der Waals surface area contributed by atoms with Gasteiger partial charge < -0.3 is 5.32 Å². The fraction of sp³-hybridized carbons (Fsp3) is 1.00. The Hall–Kier alpha value is -0.180. The topological polar surface area (TPSA) is 12.0 Å². The lowest BCUT2D eigenvalue weighted by atomic mass is 9.68. The zero-order valence-corrected chi connectivity index (χ0v) is 5.03. The lowest BCUT2D eigenvalue weighted by Crippen LogP contribution is -2.61. The first-order valence-electron chi connectivity index (χ1n) is 3.30. The minimum atomic E-state index is -2.33. The third-order valence-electron chi connectivity index (χ3n) is 2.44. The van der Waals surface area contributed by atoms with Crippen molar-refractivity contribution in [3.05, 3.63) is 0 Å². The average molecular weight is 133 g/mol. The van der Waals surface area contributed by atoms with Crippen LogP contribution in [-0.4, -0.2) is 19.0 Å². The summed E-state index contributed by atoms with van der Waals surface area (Å²) in [7, 11) is 0. The second-order valence-electron chi connectivity index (χ2n) is 2.96. The lowest BCUT2D eigenvalue weighted by molar-refractivity contribution is -0.200. The Balaban J connectivity index is 2.13. The van der Waals surface area contributed by atoms with Crippen molar-refractivity contribution in [2.45, 2.75) is 12.3 Å². The Labute approximate surface area is 52.4 Å². The SMILES string of the molecule is FC1(F)[C@H]2CNC[C@H]1C2. The fourth-order valence-corrected chi connectivity index (χ4v) is 1.70. The van der Waals surface area contributed by atoms with Gasteiger partial charge in [0, 0.05) is 24.9 Å². The molecule has 3 heteroatoms. The number of fused-ring (bicyclic) bond motifs is 2. The van der Waals surface area contributed by atoms with Crippen LogP contribution in [0, 0.1) is 11.8 Å². The number of hydrogen-bond donors (Lipinski definition) is 1. The molecule has 2 bridgehead atoms. The molecular weight excluding hydrogens is 124 g/mol. The summed E-state index contributed by atoms with van der Waals surface area (Å²) in [6.07, 6.45) is 0.736. The molecule has 0 aromatic rings. The zero-order chi connectivity index (χ0) is 6.48. The first kappa shape index (κ1) is 5.59. The molecule has 52 valence electrons. The number of rotatable bonds is 0. The van der Waals surface area contributed by atoms with Crippen molar-refractivity contribution >= 4 is 0 Å². The van der Waals surface area contributed by atoms with E-state index in [1.54, 1.807) is 0 Å². The first-order chi connectivity index (χ1) is 4.21. The second-order valence-corrected chi connectivity index (χ2v) is 2.96. The van der Waals surface area contributed by atoms with Gasteiger partial charge in [0.2, 0.25) is 0 Å². The average Bonchev–Trinajstić information content (AvgIpc) is 1.89. The maximum Gasteiger partial charge on any atom is 0.256 e. The molecule has 0 aromatic heterocycles. The molecule has 3 aliphatic rings. The van der Waals surface area contributed by atoms with Gasteiger partial charge in [0.25, 0.3) is 5.92 Å². The number of nitrogens with one attached hydrogen (secondary N) is 1. The monoisotopic (exact) mass is 133 g/mol. The Kier molecular flexibility index (Phi) is 0.903. The minimum Gasteiger partial charge on any atom is -0.316 e. The molecule has 1 nitrogen and oxygen atoms in total. The quantitative estimate of drug-likeness (QED) is 0.516. The molecule has 0 amide bonds. The molecule has 0 aromatic carbocycles. The van der Waals surface area contributed by atoms with Gasteiger partial charge in [0.1, 0.15) is 0 Å². The second kappa shape index (κ2) is 1.45.